The molecule has 0 radical (unpaired) electrons. The average molecular weight is 318 g/mol. The SMILES string of the molecule is O=S1(=O)N=C(CSCc2ccccc2)Nc2ccccc21. The Morgan fingerprint density at radius 2 is 1.67 bits per heavy atom. The van der Waals surface area contributed by atoms with Gasteiger partial charge in [0.15, 0.2) is 0 Å². The summed E-state index contributed by atoms with van der Waals surface area (Å²) in [4.78, 5) is 0.238. The Labute approximate surface area is 128 Å². The standard InChI is InChI=1S/C15H14N2O2S2/c18-21(19)14-9-5-4-8-13(14)16-15(17-21)11-20-10-12-6-2-1-3-7-12/h1-9H,10-11H2,(H,16,17). The van der Waals surface area contributed by atoms with Crippen molar-refractivity contribution in [3.8, 4) is 0 Å². The first-order valence-corrected chi connectivity index (χ1v) is 9.06. The van der Waals surface area contributed by atoms with Crippen LogP contribution in [0.4, 0.5) is 5.69 Å². The van der Waals surface area contributed by atoms with Gasteiger partial charge in [-0.2, -0.15) is 8.42 Å². The Bertz CT molecular complexity index is 771. The fourth-order valence-corrected chi connectivity index (χ4v) is 4.16. The lowest BCUT2D eigenvalue weighted by Crippen LogP contribution is -2.23. The number of nitrogens with zero attached hydrogens (tertiary/aromatic N) is 1. The van der Waals surface area contributed by atoms with Crippen molar-refractivity contribution in [1.82, 2.24) is 0 Å². The topological polar surface area (TPSA) is 58.5 Å². The smallest absolute Gasteiger partial charge is 0.286 e. The molecule has 0 bridgehead atoms. The molecule has 1 aliphatic rings. The van der Waals surface area contributed by atoms with Crippen LogP contribution >= 0.6 is 11.8 Å². The van der Waals surface area contributed by atoms with Crippen molar-refractivity contribution < 1.29 is 8.42 Å². The number of hydrogen-bond donors (Lipinski definition) is 1. The van der Waals surface area contributed by atoms with E-state index in [-0.39, 0.29) is 4.90 Å². The van der Waals surface area contributed by atoms with Crippen molar-refractivity contribution in [2.45, 2.75) is 10.6 Å². The van der Waals surface area contributed by atoms with Crippen LogP contribution in [0.15, 0.2) is 63.9 Å². The van der Waals surface area contributed by atoms with Crippen molar-refractivity contribution in [3.05, 3.63) is 60.2 Å². The Balaban J connectivity index is 1.69. The molecule has 3 rings (SSSR count). The highest BCUT2D eigenvalue weighted by molar-refractivity contribution is 7.99. The van der Waals surface area contributed by atoms with Gasteiger partial charge in [-0.1, -0.05) is 42.5 Å². The largest absolute Gasteiger partial charge is 0.341 e. The van der Waals surface area contributed by atoms with E-state index in [0.717, 1.165) is 5.75 Å². The van der Waals surface area contributed by atoms with Gasteiger partial charge in [0.2, 0.25) is 0 Å². The molecule has 0 spiro atoms. The summed E-state index contributed by atoms with van der Waals surface area (Å²) in [7, 11) is -3.57. The van der Waals surface area contributed by atoms with Crippen LogP contribution < -0.4 is 5.32 Å². The van der Waals surface area contributed by atoms with Gasteiger partial charge in [-0.25, -0.2) is 0 Å². The van der Waals surface area contributed by atoms with Gasteiger partial charge in [-0.05, 0) is 17.7 Å². The molecular weight excluding hydrogens is 304 g/mol. The fourth-order valence-electron chi connectivity index (χ4n) is 2.07. The van der Waals surface area contributed by atoms with Crippen molar-refractivity contribution in [3.63, 3.8) is 0 Å². The number of hydrogen-bond acceptors (Lipinski definition) is 4. The molecule has 0 saturated heterocycles. The predicted octanol–water partition coefficient (Wildman–Crippen LogP) is 3.13. The zero-order valence-electron chi connectivity index (χ0n) is 11.2. The number of para-hydroxylation sites is 1. The highest BCUT2D eigenvalue weighted by Crippen LogP contribution is 2.27. The lowest BCUT2D eigenvalue weighted by atomic mass is 10.2. The maximum absolute atomic E-state index is 12.1. The zero-order chi connectivity index (χ0) is 14.7. The summed E-state index contributed by atoms with van der Waals surface area (Å²) in [5.41, 5.74) is 1.81. The van der Waals surface area contributed by atoms with E-state index >= 15 is 0 Å². The minimum absolute atomic E-state index is 0.238. The van der Waals surface area contributed by atoms with Crippen LogP contribution in [-0.2, 0) is 15.8 Å². The molecule has 1 heterocycles. The van der Waals surface area contributed by atoms with Gasteiger partial charge >= 0.3 is 0 Å². The number of amidine groups is 1. The van der Waals surface area contributed by atoms with Gasteiger partial charge < -0.3 is 5.32 Å². The van der Waals surface area contributed by atoms with Crippen LogP contribution in [0.25, 0.3) is 0 Å². The molecule has 0 amide bonds. The highest BCUT2D eigenvalue weighted by atomic mass is 32.2. The molecule has 2 aromatic carbocycles. The summed E-state index contributed by atoms with van der Waals surface area (Å²) in [5, 5.41) is 3.09. The van der Waals surface area contributed by atoms with Crippen molar-refractivity contribution >= 4 is 33.3 Å². The van der Waals surface area contributed by atoms with Crippen molar-refractivity contribution in [2.24, 2.45) is 4.40 Å². The Morgan fingerprint density at radius 1 is 0.952 bits per heavy atom. The molecular formula is C15H14N2O2S2. The van der Waals surface area contributed by atoms with E-state index in [2.05, 4.69) is 21.8 Å². The number of nitrogens with one attached hydrogen (secondary N) is 1. The van der Waals surface area contributed by atoms with Crippen LogP contribution in [0.1, 0.15) is 5.56 Å². The van der Waals surface area contributed by atoms with Crippen LogP contribution in [-0.4, -0.2) is 20.0 Å². The lowest BCUT2D eigenvalue weighted by molar-refractivity contribution is 0.598. The van der Waals surface area contributed by atoms with Crippen molar-refractivity contribution in [1.29, 1.82) is 0 Å². The summed E-state index contributed by atoms with van der Waals surface area (Å²) >= 11 is 1.63. The van der Waals surface area contributed by atoms with E-state index < -0.39 is 10.0 Å². The molecule has 21 heavy (non-hydrogen) atoms. The third-order valence-electron chi connectivity index (χ3n) is 3.02. The quantitative estimate of drug-likeness (QED) is 0.941. The van der Waals surface area contributed by atoms with Crippen LogP contribution in [0, 0.1) is 0 Å². The highest BCUT2D eigenvalue weighted by Gasteiger charge is 2.23. The second kappa shape index (κ2) is 5.91. The molecule has 1 aliphatic heterocycles. The van der Waals surface area contributed by atoms with Gasteiger partial charge in [0.1, 0.15) is 10.7 Å². The van der Waals surface area contributed by atoms with Gasteiger partial charge in [-0.3, -0.25) is 0 Å². The molecule has 2 aromatic rings. The van der Waals surface area contributed by atoms with E-state index in [0.29, 0.717) is 17.3 Å². The minimum Gasteiger partial charge on any atom is -0.341 e. The number of benzene rings is 2. The Hall–Kier alpha value is -1.79. The molecule has 0 unspecified atom stereocenters. The second-order valence-corrected chi connectivity index (χ2v) is 7.17. The molecule has 0 atom stereocenters. The fraction of sp³-hybridized carbons (Fsp3) is 0.133. The summed E-state index contributed by atoms with van der Waals surface area (Å²) in [6.45, 7) is 0. The normalized spacial score (nSPS) is 15.7. The van der Waals surface area contributed by atoms with Crippen LogP contribution in [0.3, 0.4) is 0 Å². The molecule has 6 heteroatoms. The first-order valence-electron chi connectivity index (χ1n) is 6.47. The van der Waals surface area contributed by atoms with Gasteiger partial charge in [0.05, 0.1) is 11.4 Å². The molecule has 4 nitrogen and oxygen atoms in total. The number of thioether (sulfide) groups is 1. The average Bonchev–Trinajstić information content (AvgIpc) is 2.48. The minimum atomic E-state index is -3.57. The molecule has 0 saturated carbocycles. The second-order valence-electron chi connectivity index (χ2n) is 4.61. The van der Waals surface area contributed by atoms with E-state index in [4.69, 9.17) is 0 Å². The van der Waals surface area contributed by atoms with Gasteiger partial charge in [0.25, 0.3) is 10.0 Å². The predicted molar refractivity (Wildman–Crippen MR) is 87.3 cm³/mol. The zero-order valence-corrected chi connectivity index (χ0v) is 12.8. The van der Waals surface area contributed by atoms with Crippen LogP contribution in [0.2, 0.25) is 0 Å². The third kappa shape index (κ3) is 3.28. The van der Waals surface area contributed by atoms with E-state index in [1.807, 2.05) is 18.2 Å². The molecule has 0 aliphatic carbocycles. The number of sulfonamides is 1. The van der Waals surface area contributed by atoms with Gasteiger partial charge in [0, 0.05) is 5.75 Å². The number of anilines is 1. The van der Waals surface area contributed by atoms with E-state index in [1.54, 1.807) is 36.0 Å². The van der Waals surface area contributed by atoms with Crippen molar-refractivity contribution in [2.75, 3.05) is 11.1 Å². The maximum Gasteiger partial charge on any atom is 0.286 e. The maximum atomic E-state index is 12.1. The summed E-state index contributed by atoms with van der Waals surface area (Å²) < 4.78 is 28.0. The molecule has 0 fully saturated rings. The summed E-state index contributed by atoms with van der Waals surface area (Å²) in [6, 6.07) is 16.9. The first kappa shape index (κ1) is 14.2. The Kier molecular flexibility index (Phi) is 3.98. The molecule has 0 aromatic heterocycles. The van der Waals surface area contributed by atoms with E-state index in [1.165, 1.54) is 5.56 Å². The first-order chi connectivity index (χ1) is 10.1. The summed E-state index contributed by atoms with van der Waals surface area (Å²) in [6.07, 6.45) is 0. The summed E-state index contributed by atoms with van der Waals surface area (Å²) in [5.74, 6) is 1.83. The molecule has 1 N–H and O–H groups in total. The third-order valence-corrected chi connectivity index (χ3v) is 5.41. The van der Waals surface area contributed by atoms with Crippen LogP contribution in [0.5, 0.6) is 0 Å². The monoisotopic (exact) mass is 318 g/mol. The Morgan fingerprint density at radius 3 is 2.48 bits per heavy atom. The number of rotatable bonds is 4. The molecule has 108 valence electrons. The van der Waals surface area contributed by atoms with E-state index in [9.17, 15) is 8.42 Å². The number of fused-ring (bicyclic) bond motifs is 1. The lowest BCUT2D eigenvalue weighted by Gasteiger charge is -2.17. The van der Waals surface area contributed by atoms with Gasteiger partial charge in [-0.15, -0.1) is 16.2 Å².